The van der Waals surface area contributed by atoms with Crippen LogP contribution in [0.4, 0.5) is 0 Å². The molecule has 1 heterocycles. The molecule has 0 radical (unpaired) electrons. The molecule has 0 aromatic heterocycles. The smallest absolute Gasteiger partial charge is 0.122 e. The van der Waals surface area contributed by atoms with E-state index in [0.717, 1.165) is 43.3 Å². The molecule has 0 amide bonds. The summed E-state index contributed by atoms with van der Waals surface area (Å²) in [5.74, 6) is 0.899. The average Bonchev–Trinajstić information content (AvgIpc) is 2.39. The van der Waals surface area contributed by atoms with Gasteiger partial charge in [0.2, 0.25) is 0 Å². The van der Waals surface area contributed by atoms with Crippen molar-refractivity contribution in [3.8, 4) is 5.75 Å². The van der Waals surface area contributed by atoms with Crippen LogP contribution in [0.2, 0.25) is 0 Å². The predicted octanol–water partition coefficient (Wildman–Crippen LogP) is 3.06. The van der Waals surface area contributed by atoms with E-state index in [9.17, 15) is 5.11 Å². The third-order valence-corrected chi connectivity index (χ3v) is 5.15. The van der Waals surface area contributed by atoms with Crippen LogP contribution in [-0.2, 0) is 0 Å². The molecule has 116 valence electrons. The zero-order valence-corrected chi connectivity index (χ0v) is 13.3. The summed E-state index contributed by atoms with van der Waals surface area (Å²) in [5.41, 5.74) is 1.73. The van der Waals surface area contributed by atoms with Gasteiger partial charge in [0.1, 0.15) is 18.0 Å². The fraction of sp³-hybridized carbons (Fsp3) is 0.667. The van der Waals surface area contributed by atoms with Crippen LogP contribution in [0.1, 0.15) is 43.2 Å². The van der Waals surface area contributed by atoms with E-state index < -0.39 is 5.60 Å². The van der Waals surface area contributed by atoms with Crippen LogP contribution in [0.25, 0.3) is 0 Å². The number of piperidine rings is 1. The van der Waals surface area contributed by atoms with Gasteiger partial charge in [0.25, 0.3) is 0 Å². The van der Waals surface area contributed by atoms with E-state index in [4.69, 9.17) is 4.74 Å². The lowest BCUT2D eigenvalue weighted by atomic mass is 9.86. The van der Waals surface area contributed by atoms with Gasteiger partial charge in [-0.1, -0.05) is 24.1 Å². The highest BCUT2D eigenvalue weighted by molar-refractivity contribution is 5.35. The summed E-state index contributed by atoms with van der Waals surface area (Å²) in [5, 5.41) is 10.7. The molecular formula is C18H27NO2. The topological polar surface area (TPSA) is 32.7 Å². The van der Waals surface area contributed by atoms with Crippen LogP contribution in [-0.4, -0.2) is 41.3 Å². The average molecular weight is 289 g/mol. The van der Waals surface area contributed by atoms with Gasteiger partial charge in [-0.15, -0.1) is 0 Å². The maximum atomic E-state index is 10.7. The van der Waals surface area contributed by atoms with E-state index >= 15 is 0 Å². The van der Waals surface area contributed by atoms with Crippen molar-refractivity contribution >= 4 is 0 Å². The highest BCUT2D eigenvalue weighted by atomic mass is 16.5. The second-order valence-corrected chi connectivity index (χ2v) is 6.90. The van der Waals surface area contributed by atoms with Gasteiger partial charge in [0.15, 0.2) is 0 Å². The quantitative estimate of drug-likeness (QED) is 0.924. The molecule has 0 bridgehead atoms. The number of hydrogen-bond donors (Lipinski definition) is 1. The fourth-order valence-corrected chi connectivity index (χ4v) is 3.37. The molecule has 1 aliphatic carbocycles. The first kappa shape index (κ1) is 14.9. The molecule has 1 saturated heterocycles. The normalized spacial score (nSPS) is 22.8. The number of rotatable bonds is 4. The van der Waals surface area contributed by atoms with Crippen molar-refractivity contribution in [2.75, 3.05) is 19.7 Å². The Morgan fingerprint density at radius 3 is 2.52 bits per heavy atom. The standard InChI is InChI=1S/C18H27NO2/c1-14-6-7-17(15(2)12-14)21-13-18(20)8-10-19(11-9-18)16-4-3-5-16/h6-7,12,16,20H,3-5,8-11,13H2,1-2H3. The molecule has 2 fully saturated rings. The zero-order valence-electron chi connectivity index (χ0n) is 13.3. The van der Waals surface area contributed by atoms with Gasteiger partial charge >= 0.3 is 0 Å². The molecule has 1 aromatic carbocycles. The van der Waals surface area contributed by atoms with Gasteiger partial charge in [-0.25, -0.2) is 0 Å². The molecule has 0 atom stereocenters. The maximum absolute atomic E-state index is 10.7. The first-order chi connectivity index (χ1) is 10.1. The van der Waals surface area contributed by atoms with Crippen LogP contribution in [0, 0.1) is 13.8 Å². The number of aryl methyl sites for hydroxylation is 2. The predicted molar refractivity (Wildman–Crippen MR) is 84.8 cm³/mol. The Kier molecular flexibility index (Phi) is 4.23. The molecule has 1 N–H and O–H groups in total. The molecule has 0 unspecified atom stereocenters. The molecule has 1 saturated carbocycles. The Morgan fingerprint density at radius 1 is 1.24 bits per heavy atom. The minimum atomic E-state index is -0.655. The second kappa shape index (κ2) is 5.98. The van der Waals surface area contributed by atoms with Crippen LogP contribution in [0.3, 0.4) is 0 Å². The van der Waals surface area contributed by atoms with E-state index in [-0.39, 0.29) is 0 Å². The Balaban J connectivity index is 1.52. The number of likely N-dealkylation sites (tertiary alicyclic amines) is 1. The largest absolute Gasteiger partial charge is 0.490 e. The van der Waals surface area contributed by atoms with Crippen molar-refractivity contribution in [3.63, 3.8) is 0 Å². The van der Waals surface area contributed by atoms with E-state index in [1.54, 1.807) is 0 Å². The van der Waals surface area contributed by atoms with Crippen LogP contribution in [0.15, 0.2) is 18.2 Å². The Labute approximate surface area is 127 Å². The molecule has 2 aliphatic rings. The van der Waals surface area contributed by atoms with Gasteiger partial charge in [-0.05, 0) is 51.2 Å². The van der Waals surface area contributed by atoms with Crippen molar-refractivity contribution in [2.45, 2.75) is 57.6 Å². The molecule has 1 aromatic rings. The molecule has 3 heteroatoms. The molecule has 0 spiro atoms. The first-order valence-electron chi connectivity index (χ1n) is 8.22. The third kappa shape index (κ3) is 3.41. The van der Waals surface area contributed by atoms with Crippen molar-refractivity contribution in [1.82, 2.24) is 4.90 Å². The van der Waals surface area contributed by atoms with E-state index in [0.29, 0.717) is 6.61 Å². The van der Waals surface area contributed by atoms with E-state index in [2.05, 4.69) is 30.9 Å². The summed E-state index contributed by atoms with van der Waals surface area (Å²) < 4.78 is 5.90. The number of aliphatic hydroxyl groups is 1. The van der Waals surface area contributed by atoms with Gasteiger partial charge < -0.3 is 14.7 Å². The van der Waals surface area contributed by atoms with Crippen molar-refractivity contribution in [1.29, 1.82) is 0 Å². The summed E-state index contributed by atoms with van der Waals surface area (Å²) in [4.78, 5) is 2.55. The Morgan fingerprint density at radius 2 is 1.95 bits per heavy atom. The summed E-state index contributed by atoms with van der Waals surface area (Å²) in [6.07, 6.45) is 5.72. The lowest BCUT2D eigenvalue weighted by molar-refractivity contribution is -0.0654. The molecule has 21 heavy (non-hydrogen) atoms. The molecular weight excluding hydrogens is 262 g/mol. The summed E-state index contributed by atoms with van der Waals surface area (Å²) >= 11 is 0. The van der Waals surface area contributed by atoms with Gasteiger partial charge in [0.05, 0.1) is 0 Å². The van der Waals surface area contributed by atoms with E-state index in [1.807, 2.05) is 6.07 Å². The Hall–Kier alpha value is -1.06. The Bertz CT molecular complexity index is 488. The number of nitrogens with zero attached hydrogens (tertiary/aromatic N) is 1. The highest BCUT2D eigenvalue weighted by Gasteiger charge is 2.36. The number of benzene rings is 1. The highest BCUT2D eigenvalue weighted by Crippen LogP contribution is 2.31. The fourth-order valence-electron chi connectivity index (χ4n) is 3.37. The van der Waals surface area contributed by atoms with Crippen molar-refractivity contribution < 1.29 is 9.84 Å². The minimum Gasteiger partial charge on any atom is -0.490 e. The van der Waals surface area contributed by atoms with E-state index in [1.165, 1.54) is 24.8 Å². The number of hydrogen-bond acceptors (Lipinski definition) is 3. The first-order valence-corrected chi connectivity index (χ1v) is 8.22. The second-order valence-electron chi connectivity index (χ2n) is 6.90. The lowest BCUT2D eigenvalue weighted by Crippen LogP contribution is -2.52. The molecule has 1 aliphatic heterocycles. The summed E-state index contributed by atoms with van der Waals surface area (Å²) in [6.45, 7) is 6.58. The van der Waals surface area contributed by atoms with Crippen LogP contribution < -0.4 is 4.74 Å². The number of ether oxygens (including phenoxy) is 1. The monoisotopic (exact) mass is 289 g/mol. The minimum absolute atomic E-state index is 0.412. The maximum Gasteiger partial charge on any atom is 0.122 e. The molecule has 3 rings (SSSR count). The summed E-state index contributed by atoms with van der Waals surface area (Å²) in [7, 11) is 0. The third-order valence-electron chi connectivity index (χ3n) is 5.15. The summed E-state index contributed by atoms with van der Waals surface area (Å²) in [6, 6.07) is 6.98. The van der Waals surface area contributed by atoms with Crippen LogP contribution in [0.5, 0.6) is 5.75 Å². The SMILES string of the molecule is Cc1ccc(OCC2(O)CCN(C3CCC3)CC2)c(C)c1. The van der Waals surface area contributed by atoms with Crippen molar-refractivity contribution in [2.24, 2.45) is 0 Å². The van der Waals surface area contributed by atoms with Crippen LogP contribution >= 0.6 is 0 Å². The lowest BCUT2D eigenvalue weighted by Gasteiger charge is -2.44. The van der Waals surface area contributed by atoms with Crippen molar-refractivity contribution in [3.05, 3.63) is 29.3 Å². The van der Waals surface area contributed by atoms with Gasteiger partial charge in [-0.2, -0.15) is 0 Å². The van der Waals surface area contributed by atoms with Gasteiger partial charge in [-0.3, -0.25) is 0 Å². The molecule has 3 nitrogen and oxygen atoms in total. The zero-order chi connectivity index (χ0) is 14.9. The van der Waals surface area contributed by atoms with Gasteiger partial charge in [0, 0.05) is 19.1 Å².